The Morgan fingerprint density at radius 1 is 1.16 bits per heavy atom. The van der Waals surface area contributed by atoms with Crippen LogP contribution < -0.4 is 5.32 Å². The van der Waals surface area contributed by atoms with Gasteiger partial charge in [-0.15, -0.1) is 0 Å². The van der Waals surface area contributed by atoms with Crippen LogP contribution in [0.5, 0.6) is 0 Å². The summed E-state index contributed by atoms with van der Waals surface area (Å²) in [6.07, 6.45) is 9.58. The average Bonchev–Trinajstić information content (AvgIpc) is 2.82. The van der Waals surface area contributed by atoms with Crippen LogP contribution in [0, 0.1) is 5.92 Å². The van der Waals surface area contributed by atoms with Crippen molar-refractivity contribution in [3.63, 3.8) is 0 Å². The Balaban J connectivity index is 1.45. The van der Waals surface area contributed by atoms with Gasteiger partial charge in [-0.05, 0) is 75.7 Å². The highest BCUT2D eigenvalue weighted by Crippen LogP contribution is 2.20. The van der Waals surface area contributed by atoms with E-state index in [0.29, 0.717) is 32.4 Å². The van der Waals surface area contributed by atoms with Crippen molar-refractivity contribution in [3.8, 4) is 0 Å². The number of anilines is 1. The highest BCUT2D eigenvalue weighted by molar-refractivity contribution is 5.70. The molecule has 1 atom stereocenters. The van der Waals surface area contributed by atoms with Crippen molar-refractivity contribution in [1.29, 1.82) is 0 Å². The zero-order valence-corrected chi connectivity index (χ0v) is 18.7. The number of carboxylic acids is 1. The van der Waals surface area contributed by atoms with Gasteiger partial charge < -0.3 is 15.3 Å². The number of hydrogen-bond acceptors (Lipinski definition) is 6. The van der Waals surface area contributed by atoms with Crippen LogP contribution in [-0.2, 0) is 24.1 Å². The molecule has 0 radical (unpaired) electrons. The monoisotopic (exact) mass is 443 g/mol. The van der Waals surface area contributed by atoms with E-state index >= 15 is 0 Å². The van der Waals surface area contributed by atoms with Crippen LogP contribution in [0.15, 0.2) is 30.7 Å². The van der Waals surface area contributed by atoms with Gasteiger partial charge in [0.15, 0.2) is 0 Å². The number of fused-ring (bicyclic) bond motifs is 1. The number of carboxylic acid groups (broad SMARTS) is 1. The molecule has 7 nitrogen and oxygen atoms in total. The number of aromatic nitrogens is 3. The molecule has 0 amide bonds. The van der Waals surface area contributed by atoms with Crippen LogP contribution >= 0.6 is 0 Å². The Morgan fingerprint density at radius 2 is 2.03 bits per heavy atom. The van der Waals surface area contributed by atoms with Crippen molar-refractivity contribution in [2.75, 3.05) is 38.2 Å². The van der Waals surface area contributed by atoms with Gasteiger partial charge in [-0.3, -0.25) is 9.18 Å². The van der Waals surface area contributed by atoms with Crippen LogP contribution in [0.4, 0.5) is 10.2 Å². The molecule has 174 valence electrons. The summed E-state index contributed by atoms with van der Waals surface area (Å²) in [5.41, 5.74) is 3.13. The standard InChI is InChI=1S/C24H34FN5O2/c25-11-4-15-30(16-10-20(24(31)32)17-22-9-13-26-18-28-22)14-2-1-6-21-8-7-19-5-3-12-27-23(19)29-21/h7-9,13,18,20H,1-6,10-12,14-17H2,(H,27,29)(H,31,32)/t20-/m1/s1. The van der Waals surface area contributed by atoms with Crippen molar-refractivity contribution in [2.24, 2.45) is 5.92 Å². The average molecular weight is 444 g/mol. The minimum Gasteiger partial charge on any atom is -0.481 e. The molecule has 0 saturated carbocycles. The van der Waals surface area contributed by atoms with Crippen molar-refractivity contribution < 1.29 is 14.3 Å². The van der Waals surface area contributed by atoms with Gasteiger partial charge in [0.05, 0.1) is 12.6 Å². The van der Waals surface area contributed by atoms with Gasteiger partial charge in [0.25, 0.3) is 0 Å². The van der Waals surface area contributed by atoms with Crippen molar-refractivity contribution in [1.82, 2.24) is 19.9 Å². The third-order valence-electron chi connectivity index (χ3n) is 5.96. The number of hydrogen-bond donors (Lipinski definition) is 2. The number of halogens is 1. The molecule has 1 aliphatic heterocycles. The maximum absolute atomic E-state index is 12.8. The Labute approximate surface area is 189 Å². The molecule has 0 aromatic carbocycles. The lowest BCUT2D eigenvalue weighted by molar-refractivity contribution is -0.142. The van der Waals surface area contributed by atoms with E-state index < -0.39 is 11.9 Å². The van der Waals surface area contributed by atoms with E-state index in [0.717, 1.165) is 62.4 Å². The van der Waals surface area contributed by atoms with Gasteiger partial charge in [0.1, 0.15) is 12.1 Å². The first kappa shape index (κ1) is 24.0. The van der Waals surface area contributed by atoms with Gasteiger partial charge in [-0.2, -0.15) is 0 Å². The first-order chi connectivity index (χ1) is 15.7. The van der Waals surface area contributed by atoms with Gasteiger partial charge >= 0.3 is 5.97 Å². The molecule has 1 aliphatic rings. The highest BCUT2D eigenvalue weighted by Gasteiger charge is 2.20. The molecule has 0 spiro atoms. The maximum atomic E-state index is 12.8. The topological polar surface area (TPSA) is 91.2 Å². The fourth-order valence-corrected chi connectivity index (χ4v) is 4.11. The summed E-state index contributed by atoms with van der Waals surface area (Å²) in [5, 5.41) is 13.0. The predicted octanol–water partition coefficient (Wildman–Crippen LogP) is 3.55. The maximum Gasteiger partial charge on any atom is 0.306 e. The Bertz CT molecular complexity index is 836. The fraction of sp³-hybridized carbons (Fsp3) is 0.583. The van der Waals surface area contributed by atoms with Crippen LogP contribution in [0.2, 0.25) is 0 Å². The van der Waals surface area contributed by atoms with Crippen LogP contribution in [0.25, 0.3) is 0 Å². The molecule has 3 heterocycles. The smallest absolute Gasteiger partial charge is 0.306 e. The quantitative estimate of drug-likeness (QED) is 0.432. The van der Waals surface area contributed by atoms with Crippen LogP contribution in [0.1, 0.15) is 49.1 Å². The Morgan fingerprint density at radius 3 is 2.81 bits per heavy atom. The molecule has 8 heteroatoms. The number of nitrogens with zero attached hydrogens (tertiary/aromatic N) is 4. The van der Waals surface area contributed by atoms with E-state index in [1.54, 1.807) is 12.3 Å². The molecule has 0 bridgehead atoms. The number of rotatable bonds is 14. The second kappa shape index (κ2) is 13.1. The lowest BCUT2D eigenvalue weighted by Crippen LogP contribution is -2.31. The van der Waals surface area contributed by atoms with Gasteiger partial charge in [0.2, 0.25) is 0 Å². The first-order valence-electron chi connectivity index (χ1n) is 11.6. The molecule has 0 saturated heterocycles. The number of carbonyl (C=O) groups is 1. The molecule has 0 fully saturated rings. The SMILES string of the molecule is O=C(O)[C@H](CCN(CCCF)CCCCc1ccc2c(n1)NCCC2)Cc1ccncn1. The minimum atomic E-state index is -0.818. The Hall–Kier alpha value is -2.61. The summed E-state index contributed by atoms with van der Waals surface area (Å²) in [6.45, 7) is 2.76. The fourth-order valence-electron chi connectivity index (χ4n) is 4.11. The lowest BCUT2D eigenvalue weighted by Gasteiger charge is -2.23. The number of nitrogens with one attached hydrogen (secondary N) is 1. The van der Waals surface area contributed by atoms with Crippen LogP contribution in [-0.4, -0.2) is 63.8 Å². The van der Waals surface area contributed by atoms with Crippen molar-refractivity contribution in [2.45, 2.75) is 51.4 Å². The van der Waals surface area contributed by atoms with Crippen LogP contribution in [0.3, 0.4) is 0 Å². The Kier molecular flexibility index (Phi) is 9.81. The summed E-state index contributed by atoms with van der Waals surface area (Å²) in [5.74, 6) is -0.298. The summed E-state index contributed by atoms with van der Waals surface area (Å²) >= 11 is 0. The summed E-state index contributed by atoms with van der Waals surface area (Å²) in [7, 11) is 0. The van der Waals surface area contributed by atoms with Gasteiger partial charge in [-0.25, -0.2) is 15.0 Å². The third kappa shape index (κ3) is 7.82. The van der Waals surface area contributed by atoms with E-state index in [1.165, 1.54) is 11.9 Å². The molecule has 0 aliphatic carbocycles. The minimum absolute atomic E-state index is 0.355. The molecule has 3 rings (SSSR count). The van der Waals surface area contributed by atoms with E-state index in [4.69, 9.17) is 4.98 Å². The molecule has 0 unspecified atom stereocenters. The third-order valence-corrected chi connectivity index (χ3v) is 5.96. The zero-order chi connectivity index (χ0) is 22.6. The number of aliphatic carboxylic acids is 1. The summed E-state index contributed by atoms with van der Waals surface area (Å²) in [6, 6.07) is 6.06. The van der Waals surface area contributed by atoms with Crippen molar-refractivity contribution in [3.05, 3.63) is 47.7 Å². The van der Waals surface area contributed by atoms with Crippen molar-refractivity contribution >= 4 is 11.8 Å². The van der Waals surface area contributed by atoms with E-state index in [9.17, 15) is 14.3 Å². The molecule has 2 aromatic heterocycles. The lowest BCUT2D eigenvalue weighted by atomic mass is 9.99. The van der Waals surface area contributed by atoms with E-state index in [1.807, 2.05) is 0 Å². The van der Waals surface area contributed by atoms with E-state index in [-0.39, 0.29) is 6.67 Å². The second-order valence-corrected chi connectivity index (χ2v) is 8.41. The normalized spacial score (nSPS) is 14.1. The summed E-state index contributed by atoms with van der Waals surface area (Å²) in [4.78, 5) is 26.7. The zero-order valence-electron chi connectivity index (χ0n) is 18.7. The number of aryl methyl sites for hydroxylation is 2. The molecule has 32 heavy (non-hydrogen) atoms. The largest absolute Gasteiger partial charge is 0.481 e. The predicted molar refractivity (Wildman–Crippen MR) is 122 cm³/mol. The second-order valence-electron chi connectivity index (χ2n) is 8.41. The summed E-state index contributed by atoms with van der Waals surface area (Å²) < 4.78 is 12.8. The molecule has 2 aromatic rings. The van der Waals surface area contributed by atoms with Gasteiger partial charge in [0, 0.05) is 37.1 Å². The molecular weight excluding hydrogens is 409 g/mol. The first-order valence-corrected chi connectivity index (χ1v) is 11.6. The van der Waals surface area contributed by atoms with Gasteiger partial charge in [-0.1, -0.05) is 6.07 Å². The van der Waals surface area contributed by atoms with E-state index in [2.05, 4.69) is 32.3 Å². The number of alkyl halides is 1. The number of unbranched alkanes of at least 4 members (excludes halogenated alkanes) is 1. The highest BCUT2D eigenvalue weighted by atomic mass is 19.1. The molecular formula is C24H34FN5O2. The molecule has 2 N–H and O–H groups in total. The number of pyridine rings is 1.